The van der Waals surface area contributed by atoms with Crippen molar-refractivity contribution in [2.75, 3.05) is 28.7 Å². The van der Waals surface area contributed by atoms with Gasteiger partial charge in [-0.05, 0) is 244 Å². The SMILES string of the molecule is Cc1cc(-c2c(-c3ccc(F)cc3)nc(N)c3nccnc23)cc(C(F)(F)F)n1.Cc1cc(-c2c(-c3ccc(F)cc3)nc(N)c3nccnc23)cc(C)n1.Cc1cc(-c2c(-c3ccc(F)cc3)nc(N)c3nccnc23)cc(Cl)n1.Nc1nc(-c2ccc(F)cc2)c(-c2cc(Cl)nc(C(F)(F)F)c2)c2nccnc12.Nc1nc(-c2ccc(F)cc2)c(-c2ccc3ncccc3c2)c2nccnc12. The molecule has 15 heterocycles. The lowest BCUT2D eigenvalue weighted by molar-refractivity contribution is -0.141. The molecule has 138 heavy (non-hydrogen) atoms. The number of halogens is 13. The Kier molecular flexibility index (Phi) is 25.9. The largest absolute Gasteiger partial charge is 0.433 e. The molecule has 21 rings (SSSR count). The summed E-state index contributed by atoms with van der Waals surface area (Å²) in [4.78, 5) is 85.6. The topological polar surface area (TPSA) is 388 Å². The van der Waals surface area contributed by atoms with Crippen LogP contribution in [0, 0.1) is 56.8 Å². The molecule has 0 radical (unpaired) electrons. The highest BCUT2D eigenvalue weighted by Gasteiger charge is 2.36. The van der Waals surface area contributed by atoms with Gasteiger partial charge < -0.3 is 28.7 Å². The van der Waals surface area contributed by atoms with E-state index in [2.05, 4.69) is 99.7 Å². The number of hydrogen-bond donors (Lipinski definition) is 5. The quantitative estimate of drug-likeness (QED) is 0.0627. The third-order valence-corrected chi connectivity index (χ3v) is 21.6. The molecule has 0 amide bonds. The van der Waals surface area contributed by atoms with E-state index in [0.29, 0.717) is 83.4 Å². The lowest BCUT2D eigenvalue weighted by atomic mass is 9.96. The number of benzene rings is 6. The van der Waals surface area contributed by atoms with Crippen molar-refractivity contribution >= 4 is 118 Å². The van der Waals surface area contributed by atoms with E-state index in [-0.39, 0.29) is 102 Å². The summed E-state index contributed by atoms with van der Waals surface area (Å²) in [5.41, 5.74) is 47.6. The maximum Gasteiger partial charge on any atom is 0.433 e. The average molecular weight is 1900 g/mol. The van der Waals surface area contributed by atoms with E-state index in [1.807, 2.05) is 69.3 Å². The van der Waals surface area contributed by atoms with E-state index >= 15 is 0 Å². The predicted octanol–water partition coefficient (Wildman–Crippen LogP) is 23.1. The summed E-state index contributed by atoms with van der Waals surface area (Å²) in [7, 11) is 0. The van der Waals surface area contributed by atoms with E-state index < -0.39 is 35.4 Å². The summed E-state index contributed by atoms with van der Waals surface area (Å²) in [5, 5.41) is 1.01. The second-order valence-corrected chi connectivity index (χ2v) is 31.5. The van der Waals surface area contributed by atoms with Crippen molar-refractivity contribution in [3.05, 3.63) is 342 Å². The minimum absolute atomic E-state index is 0.0346. The number of anilines is 5. The number of alkyl halides is 6. The monoisotopic (exact) mass is 1900 g/mol. The Hall–Kier alpha value is -17.4. The predicted molar refractivity (Wildman–Crippen MR) is 508 cm³/mol. The zero-order valence-electron chi connectivity index (χ0n) is 72.1. The number of nitrogens with two attached hydrogens (primary N) is 5. The minimum atomic E-state index is -4.71. The molecule has 0 saturated heterocycles. The molecule has 0 fully saturated rings. The molecule has 0 spiro atoms. The van der Waals surface area contributed by atoms with E-state index in [4.69, 9.17) is 51.9 Å². The van der Waals surface area contributed by atoms with Gasteiger partial charge in [0.15, 0.2) is 29.1 Å². The highest BCUT2D eigenvalue weighted by Crippen LogP contribution is 2.46. The van der Waals surface area contributed by atoms with Crippen LogP contribution in [0.5, 0.6) is 0 Å². The second kappa shape index (κ2) is 38.7. The van der Waals surface area contributed by atoms with Crippen molar-refractivity contribution in [2.45, 2.75) is 40.0 Å². The molecule has 0 aliphatic rings. The van der Waals surface area contributed by atoms with Crippen LogP contribution in [0.4, 0.5) is 77.4 Å². The summed E-state index contributed by atoms with van der Waals surface area (Å²) in [5.74, 6) is -0.939. The minimum Gasteiger partial charge on any atom is -0.382 e. The van der Waals surface area contributed by atoms with Gasteiger partial charge >= 0.3 is 12.4 Å². The fourth-order valence-corrected chi connectivity index (χ4v) is 15.9. The molecule has 0 saturated carbocycles. The molecule has 38 heteroatoms. The molecule has 6 aromatic carbocycles. The molecule has 21 aromatic rings. The van der Waals surface area contributed by atoms with Crippen molar-refractivity contribution in [3.63, 3.8) is 0 Å². The number of nitrogens with zero attached hydrogens (tertiary/aromatic N) is 20. The number of rotatable bonds is 10. The van der Waals surface area contributed by atoms with Crippen molar-refractivity contribution in [2.24, 2.45) is 0 Å². The van der Waals surface area contributed by atoms with Crippen LogP contribution < -0.4 is 28.7 Å². The molecule has 0 aliphatic carbocycles. The molecule has 10 N–H and O–H groups in total. The van der Waals surface area contributed by atoms with Crippen LogP contribution in [0.15, 0.2) is 268 Å². The fraction of sp³-hybridized carbons (Fsp3) is 0.0600. The van der Waals surface area contributed by atoms with Crippen LogP contribution in [0.1, 0.15) is 34.2 Å². The first-order valence-corrected chi connectivity index (χ1v) is 42.1. The highest BCUT2D eigenvalue weighted by atomic mass is 35.5. The first-order chi connectivity index (χ1) is 66.2. The Labute approximate surface area is 784 Å². The van der Waals surface area contributed by atoms with Gasteiger partial charge in [0.25, 0.3) is 0 Å². The van der Waals surface area contributed by atoms with Gasteiger partial charge in [-0.1, -0.05) is 35.3 Å². The van der Waals surface area contributed by atoms with Crippen molar-refractivity contribution in [3.8, 4) is 112 Å². The molecule has 682 valence electrons. The summed E-state index contributed by atoms with van der Waals surface area (Å²) in [6.07, 6.45) is 7.62. The third-order valence-electron chi connectivity index (χ3n) is 21.2. The number of pyridine rings is 10. The van der Waals surface area contributed by atoms with Crippen molar-refractivity contribution < 1.29 is 48.3 Å². The number of hydrogen-bond acceptors (Lipinski definition) is 25. The van der Waals surface area contributed by atoms with E-state index in [1.165, 1.54) is 129 Å². The Balaban J connectivity index is 0.000000119. The van der Waals surface area contributed by atoms with E-state index in [0.717, 1.165) is 84.6 Å². The smallest absolute Gasteiger partial charge is 0.382 e. The summed E-state index contributed by atoms with van der Waals surface area (Å²) in [6.45, 7) is 7.19. The number of aromatic nitrogens is 20. The normalized spacial score (nSPS) is 11.4. The molecule has 15 aromatic heterocycles. The summed E-state index contributed by atoms with van der Waals surface area (Å²) < 4.78 is 147. The van der Waals surface area contributed by atoms with Gasteiger partial charge in [-0.2, -0.15) is 26.3 Å². The molecular weight excluding hydrogens is 1830 g/mol. The van der Waals surface area contributed by atoms with Gasteiger partial charge in [-0.15, -0.1) is 0 Å². The molecule has 0 bridgehead atoms. The van der Waals surface area contributed by atoms with Crippen molar-refractivity contribution in [1.29, 1.82) is 0 Å². The molecule has 0 unspecified atom stereocenters. The Bertz CT molecular complexity index is 7850. The maximum atomic E-state index is 13.5. The maximum absolute atomic E-state index is 13.5. The fourth-order valence-electron chi connectivity index (χ4n) is 15.4. The van der Waals surface area contributed by atoms with Gasteiger partial charge in [-0.3, -0.25) is 34.9 Å². The zero-order valence-corrected chi connectivity index (χ0v) is 73.7. The lowest BCUT2D eigenvalue weighted by Gasteiger charge is -2.15. The Morgan fingerprint density at radius 1 is 0.225 bits per heavy atom. The lowest BCUT2D eigenvalue weighted by Crippen LogP contribution is -2.09. The Morgan fingerprint density at radius 2 is 0.464 bits per heavy atom. The molecule has 0 atom stereocenters. The van der Waals surface area contributed by atoms with E-state index in [1.54, 1.807) is 85.8 Å². The molecule has 25 nitrogen and oxygen atoms in total. The Morgan fingerprint density at radius 3 is 0.761 bits per heavy atom. The van der Waals surface area contributed by atoms with Gasteiger partial charge in [0.2, 0.25) is 0 Å². The number of nitrogen functional groups attached to an aromatic ring is 5. The first-order valence-electron chi connectivity index (χ1n) is 41.3. The van der Waals surface area contributed by atoms with Crippen LogP contribution in [0.2, 0.25) is 10.3 Å². The highest BCUT2D eigenvalue weighted by molar-refractivity contribution is 6.30. The van der Waals surface area contributed by atoms with Gasteiger partial charge in [0.1, 0.15) is 106 Å². The standard InChI is InChI=1S/C22H14FN5.C20H13F4N5.C20H16FN5.C19H10ClF4N5.C19H13ClFN5/c23-16-6-3-13(4-7-16)19-18(20-21(22(24)28-19)27-11-10-26-20)15-5-8-17-14(12-15)2-1-9-25-17;1-10-8-12(9-14(28-10)20(22,23)24)15-16(11-2-4-13(21)5-3-11)29-19(25)18-17(15)26-6-7-27-18;1-11-9-14(10-12(2)25-11)16-17(13-3-5-15(21)6-4-13)26-20(22)19-18(16)23-7-8-24-19;20-13-8-10(7-12(28-13)19(22,23)24)14-15(9-1-3-11(21)4-2-9)29-18(25)17-16(14)26-5-6-27-17;1-10-8-12(9-14(20)25-10)15-16(11-2-4-13(21)5-3-11)26-19(22)18-17(15)23-6-7-24-18/h1-12H,(H2,24,28);2-9H,1H3,(H2,25,29);3-10H,1-2H3,(H2,22,26);1-8H,(H2,25,29);2-9H,1H3,(H2,22,26). The molecular formula is C100H66Cl2F11N25. The first kappa shape index (κ1) is 92.4. The summed E-state index contributed by atoms with van der Waals surface area (Å²) in [6, 6.07) is 51.1. The van der Waals surface area contributed by atoms with Crippen LogP contribution in [-0.4, -0.2) is 99.7 Å². The van der Waals surface area contributed by atoms with Crippen LogP contribution >= 0.6 is 23.2 Å². The average Bonchev–Trinajstić information content (AvgIpc) is 0.802. The van der Waals surface area contributed by atoms with Crippen LogP contribution in [0.25, 0.3) is 178 Å². The van der Waals surface area contributed by atoms with Gasteiger partial charge in [0, 0.05) is 152 Å². The second-order valence-electron chi connectivity index (χ2n) is 30.7. The third kappa shape index (κ3) is 19.8. The number of aryl methyl sites for hydroxylation is 4. The number of fused-ring (bicyclic) bond motifs is 6. The summed E-state index contributed by atoms with van der Waals surface area (Å²) >= 11 is 12.0. The van der Waals surface area contributed by atoms with E-state index in [9.17, 15) is 48.3 Å². The van der Waals surface area contributed by atoms with Gasteiger partial charge in [-0.25, -0.2) is 86.7 Å². The zero-order chi connectivity index (χ0) is 97.1. The van der Waals surface area contributed by atoms with Crippen LogP contribution in [-0.2, 0) is 12.4 Å². The molecule has 0 aliphatic heterocycles. The van der Waals surface area contributed by atoms with Crippen LogP contribution in [0.3, 0.4) is 0 Å². The van der Waals surface area contributed by atoms with Gasteiger partial charge in [0.05, 0.1) is 34.0 Å². The van der Waals surface area contributed by atoms with Crippen molar-refractivity contribution in [1.82, 2.24) is 99.7 Å².